The molecule has 1 heterocycles. The summed E-state index contributed by atoms with van der Waals surface area (Å²) in [4.78, 5) is 35.7. The van der Waals surface area contributed by atoms with Crippen LogP contribution < -0.4 is 20.5 Å². The lowest BCUT2D eigenvalue weighted by Crippen LogP contribution is -2.35. The van der Waals surface area contributed by atoms with Crippen LogP contribution in [0, 0.1) is 0 Å². The molecule has 0 fully saturated rings. The molecular formula is C19H18N6O6S. The Labute approximate surface area is 182 Å². The third kappa shape index (κ3) is 4.89. The number of benzene rings is 2. The van der Waals surface area contributed by atoms with Crippen molar-refractivity contribution >= 4 is 33.9 Å². The third-order valence-electron chi connectivity index (χ3n) is 4.03. The quantitative estimate of drug-likeness (QED) is 0.458. The number of hydrogen-bond donors (Lipinski definition) is 3. The molecule has 2 aromatic carbocycles. The Morgan fingerprint density at radius 2 is 1.66 bits per heavy atom. The van der Waals surface area contributed by atoms with Crippen molar-refractivity contribution in [1.29, 1.82) is 0 Å². The van der Waals surface area contributed by atoms with Gasteiger partial charge in [-0.2, -0.15) is 15.0 Å². The van der Waals surface area contributed by atoms with E-state index in [9.17, 15) is 18.0 Å². The van der Waals surface area contributed by atoms with Gasteiger partial charge in [-0.05, 0) is 24.3 Å². The number of ether oxygens (including phenoxy) is 2. The Morgan fingerprint density at radius 3 is 2.38 bits per heavy atom. The van der Waals surface area contributed by atoms with Crippen LogP contribution in [0.25, 0.3) is 11.4 Å². The monoisotopic (exact) mass is 458 g/mol. The number of nitrogen functional groups attached to an aromatic ring is 1. The van der Waals surface area contributed by atoms with Crippen molar-refractivity contribution in [3.63, 3.8) is 0 Å². The Hall–Kier alpha value is -4.26. The van der Waals surface area contributed by atoms with E-state index in [2.05, 4.69) is 25.0 Å². The Balaban J connectivity index is 1.86. The van der Waals surface area contributed by atoms with Crippen LogP contribution in [-0.4, -0.2) is 49.6 Å². The maximum absolute atomic E-state index is 12.6. The lowest BCUT2D eigenvalue weighted by atomic mass is 10.2. The minimum absolute atomic E-state index is 0.101. The zero-order valence-corrected chi connectivity index (χ0v) is 17.7. The molecule has 0 spiro atoms. The van der Waals surface area contributed by atoms with E-state index < -0.39 is 26.9 Å². The van der Waals surface area contributed by atoms with Gasteiger partial charge in [-0.1, -0.05) is 24.3 Å². The van der Waals surface area contributed by atoms with Crippen molar-refractivity contribution in [1.82, 2.24) is 19.7 Å². The molecule has 32 heavy (non-hydrogen) atoms. The minimum atomic E-state index is -4.43. The van der Waals surface area contributed by atoms with Crippen molar-refractivity contribution < 1.29 is 27.5 Å². The average molecular weight is 458 g/mol. The number of nitrogens with two attached hydrogens (primary N) is 1. The van der Waals surface area contributed by atoms with Crippen LogP contribution in [0.1, 0.15) is 10.4 Å². The van der Waals surface area contributed by atoms with Crippen LogP contribution in [0.15, 0.2) is 53.4 Å². The standard InChI is InChI=1S/C19H18N6O6S/c1-30-13-9-5-3-7-11(13)15-21-17(20)23-18(22-15)24-19(27)25-32(28,29)14-10-6-4-8-12(14)16(26)31-2/h3-10H,1-2H3,(H4,20,21,22,23,24,25,27). The highest BCUT2D eigenvalue weighted by Gasteiger charge is 2.25. The van der Waals surface area contributed by atoms with Crippen molar-refractivity contribution in [3.05, 3.63) is 54.1 Å². The maximum Gasteiger partial charge on any atom is 0.339 e. The highest BCUT2D eigenvalue weighted by Crippen LogP contribution is 2.27. The largest absolute Gasteiger partial charge is 0.496 e. The predicted octanol–water partition coefficient (Wildman–Crippen LogP) is 1.43. The third-order valence-corrected chi connectivity index (χ3v) is 5.42. The fourth-order valence-corrected chi connectivity index (χ4v) is 3.79. The Kier molecular flexibility index (Phi) is 6.49. The molecule has 0 aliphatic heterocycles. The number of nitrogens with zero attached hydrogens (tertiary/aromatic N) is 3. The summed E-state index contributed by atoms with van der Waals surface area (Å²) in [6.45, 7) is 0. The lowest BCUT2D eigenvalue weighted by molar-refractivity contribution is 0.0596. The summed E-state index contributed by atoms with van der Waals surface area (Å²) in [7, 11) is -1.86. The zero-order valence-electron chi connectivity index (χ0n) is 16.9. The molecule has 0 saturated carbocycles. The van der Waals surface area contributed by atoms with Gasteiger partial charge in [0.2, 0.25) is 11.9 Å². The summed E-state index contributed by atoms with van der Waals surface area (Å²) in [5.41, 5.74) is 5.95. The number of carbonyl (C=O) groups is 2. The molecule has 0 aliphatic carbocycles. The Morgan fingerprint density at radius 1 is 0.969 bits per heavy atom. The highest BCUT2D eigenvalue weighted by molar-refractivity contribution is 7.90. The molecule has 3 rings (SSSR count). The molecule has 12 nitrogen and oxygen atoms in total. The van der Waals surface area contributed by atoms with Crippen molar-refractivity contribution in [2.24, 2.45) is 0 Å². The molecule has 0 aliphatic rings. The van der Waals surface area contributed by atoms with Gasteiger partial charge in [-0.25, -0.2) is 22.7 Å². The molecule has 0 bridgehead atoms. The van der Waals surface area contributed by atoms with E-state index in [1.807, 2.05) is 0 Å². The van der Waals surface area contributed by atoms with E-state index in [4.69, 9.17) is 10.5 Å². The smallest absolute Gasteiger partial charge is 0.339 e. The van der Waals surface area contributed by atoms with Crippen molar-refractivity contribution in [3.8, 4) is 17.1 Å². The number of urea groups is 1. The van der Waals surface area contributed by atoms with E-state index in [-0.39, 0.29) is 23.3 Å². The first-order valence-corrected chi connectivity index (χ1v) is 10.4. The van der Waals surface area contributed by atoms with Crippen LogP contribution in [0.5, 0.6) is 5.75 Å². The maximum atomic E-state index is 12.6. The van der Waals surface area contributed by atoms with E-state index in [1.54, 1.807) is 29.0 Å². The van der Waals surface area contributed by atoms with Gasteiger partial charge < -0.3 is 15.2 Å². The molecule has 0 saturated heterocycles. The van der Waals surface area contributed by atoms with Gasteiger partial charge in [-0.3, -0.25) is 5.32 Å². The van der Waals surface area contributed by atoms with E-state index in [1.165, 1.54) is 25.3 Å². The van der Waals surface area contributed by atoms with Crippen molar-refractivity contribution in [2.75, 3.05) is 25.3 Å². The number of esters is 1. The van der Waals surface area contributed by atoms with E-state index >= 15 is 0 Å². The molecular weight excluding hydrogens is 440 g/mol. The van der Waals surface area contributed by atoms with E-state index in [0.717, 1.165) is 13.2 Å². The van der Waals surface area contributed by atoms with Crippen LogP contribution in [0.3, 0.4) is 0 Å². The van der Waals surface area contributed by atoms with Gasteiger partial charge >= 0.3 is 12.0 Å². The van der Waals surface area contributed by atoms with E-state index in [0.29, 0.717) is 11.3 Å². The summed E-state index contributed by atoms with van der Waals surface area (Å²) in [6.07, 6.45) is 0. The SMILES string of the molecule is COC(=O)c1ccccc1S(=O)(=O)NC(=O)Nc1nc(N)nc(-c2ccccc2OC)n1. The Bertz CT molecular complexity index is 1280. The van der Waals surface area contributed by atoms with Crippen LogP contribution in [0.2, 0.25) is 0 Å². The predicted molar refractivity (Wildman–Crippen MR) is 113 cm³/mol. The summed E-state index contributed by atoms with van der Waals surface area (Å²) >= 11 is 0. The number of rotatable bonds is 6. The first kappa shape index (κ1) is 22.4. The number of anilines is 2. The average Bonchev–Trinajstić information content (AvgIpc) is 2.77. The number of nitrogens with one attached hydrogen (secondary N) is 2. The number of hydrogen-bond acceptors (Lipinski definition) is 10. The second-order valence-electron chi connectivity index (χ2n) is 6.09. The number of sulfonamides is 1. The van der Waals surface area contributed by atoms with Gasteiger partial charge in [0, 0.05) is 0 Å². The summed E-state index contributed by atoms with van der Waals surface area (Å²) < 4.78 is 36.9. The second-order valence-corrected chi connectivity index (χ2v) is 7.74. The summed E-state index contributed by atoms with van der Waals surface area (Å²) in [5.74, 6) is -0.833. The number of carbonyl (C=O) groups excluding carboxylic acids is 2. The number of amides is 2. The lowest BCUT2D eigenvalue weighted by Gasteiger charge is -2.11. The van der Waals surface area contributed by atoms with Gasteiger partial charge in [-0.15, -0.1) is 0 Å². The fraction of sp³-hybridized carbons (Fsp3) is 0.105. The normalized spacial score (nSPS) is 10.8. The fourth-order valence-electron chi connectivity index (χ4n) is 2.68. The van der Waals surface area contributed by atoms with Crippen LogP contribution in [0.4, 0.5) is 16.7 Å². The number of aromatic nitrogens is 3. The molecule has 3 aromatic rings. The number of para-hydroxylation sites is 1. The topological polar surface area (TPSA) is 175 Å². The summed E-state index contributed by atoms with van der Waals surface area (Å²) in [5, 5.41) is 2.19. The molecule has 166 valence electrons. The van der Waals surface area contributed by atoms with Gasteiger partial charge in [0.25, 0.3) is 10.0 Å². The molecule has 13 heteroatoms. The van der Waals surface area contributed by atoms with Crippen molar-refractivity contribution in [2.45, 2.75) is 4.90 Å². The summed E-state index contributed by atoms with van der Waals surface area (Å²) in [6, 6.07) is 10.9. The molecule has 0 unspecified atom stereocenters. The molecule has 2 amide bonds. The molecule has 1 aromatic heterocycles. The minimum Gasteiger partial charge on any atom is -0.496 e. The second kappa shape index (κ2) is 9.26. The molecule has 4 N–H and O–H groups in total. The molecule has 0 radical (unpaired) electrons. The zero-order chi connectivity index (χ0) is 23.3. The van der Waals surface area contributed by atoms with Gasteiger partial charge in [0.15, 0.2) is 5.82 Å². The van der Waals surface area contributed by atoms with Gasteiger partial charge in [0.1, 0.15) is 10.6 Å². The van der Waals surface area contributed by atoms with Crippen LogP contribution >= 0.6 is 0 Å². The van der Waals surface area contributed by atoms with Crippen LogP contribution in [-0.2, 0) is 14.8 Å². The number of methoxy groups -OCH3 is 2. The highest BCUT2D eigenvalue weighted by atomic mass is 32.2. The first-order chi connectivity index (χ1) is 15.2. The first-order valence-electron chi connectivity index (χ1n) is 8.91. The molecule has 0 atom stereocenters. The van der Waals surface area contributed by atoms with Gasteiger partial charge in [0.05, 0.1) is 25.3 Å².